The van der Waals surface area contributed by atoms with Crippen molar-refractivity contribution in [2.24, 2.45) is 0 Å². The normalized spacial score (nSPS) is 11.0. The van der Waals surface area contributed by atoms with Gasteiger partial charge in [-0.2, -0.15) is 5.10 Å². The highest BCUT2D eigenvalue weighted by Gasteiger charge is 2.22. The quantitative estimate of drug-likeness (QED) is 0.505. The van der Waals surface area contributed by atoms with Crippen LogP contribution < -0.4 is 5.32 Å². The fourth-order valence-electron chi connectivity index (χ4n) is 3.12. The van der Waals surface area contributed by atoms with E-state index >= 15 is 0 Å². The lowest BCUT2D eigenvalue weighted by Gasteiger charge is -2.12. The van der Waals surface area contributed by atoms with Crippen LogP contribution in [0.1, 0.15) is 41.4 Å². The molecule has 0 atom stereocenters. The summed E-state index contributed by atoms with van der Waals surface area (Å²) in [5, 5.41) is 16.9. The molecule has 0 unspecified atom stereocenters. The maximum Gasteiger partial charge on any atom is 0.260 e. The number of rotatable bonds is 5. The third kappa shape index (κ3) is 3.95. The Bertz CT molecular complexity index is 1130. The zero-order chi connectivity index (χ0) is 20.4. The molecular weight excluding hydrogens is 382 g/mol. The highest BCUT2D eigenvalue weighted by atomic mass is 32.1. The summed E-state index contributed by atoms with van der Waals surface area (Å²) in [6.45, 7) is 6.15. The number of anilines is 1. The second-order valence-electron chi connectivity index (χ2n) is 7.08. The number of hydrogen-bond donors (Lipinski definition) is 1. The van der Waals surface area contributed by atoms with E-state index < -0.39 is 0 Å². The summed E-state index contributed by atoms with van der Waals surface area (Å²) in [6, 6.07) is 17.9. The van der Waals surface area contributed by atoms with Crippen molar-refractivity contribution in [1.82, 2.24) is 20.0 Å². The third-order valence-electron chi connectivity index (χ3n) is 4.54. The number of hydrogen-bond acceptors (Lipinski definition) is 5. The van der Waals surface area contributed by atoms with E-state index in [9.17, 15) is 4.79 Å². The second kappa shape index (κ2) is 7.97. The predicted octanol–water partition coefficient (Wildman–Crippen LogP) is 5.07. The molecule has 0 aliphatic rings. The molecule has 2 heterocycles. The topological polar surface area (TPSA) is 72.7 Å². The number of nitrogens with one attached hydrogen (secondary N) is 1. The smallest absolute Gasteiger partial charge is 0.260 e. The van der Waals surface area contributed by atoms with Gasteiger partial charge in [0.25, 0.3) is 5.91 Å². The molecule has 146 valence electrons. The van der Waals surface area contributed by atoms with Crippen LogP contribution in [0.15, 0.2) is 60.8 Å². The van der Waals surface area contributed by atoms with Crippen LogP contribution in [0.5, 0.6) is 0 Å². The van der Waals surface area contributed by atoms with Crippen LogP contribution in [0, 0.1) is 6.92 Å². The number of aryl methyl sites for hydroxylation is 1. The Labute approximate surface area is 173 Å². The number of benzene rings is 2. The zero-order valence-electron chi connectivity index (χ0n) is 16.5. The van der Waals surface area contributed by atoms with E-state index in [-0.39, 0.29) is 11.8 Å². The van der Waals surface area contributed by atoms with Crippen LogP contribution in [0.2, 0.25) is 0 Å². The lowest BCUT2D eigenvalue weighted by molar-refractivity contribution is 0.102. The molecule has 0 aliphatic carbocycles. The average molecular weight is 404 g/mol. The number of amides is 1. The van der Waals surface area contributed by atoms with Crippen molar-refractivity contribution in [3.63, 3.8) is 0 Å². The minimum absolute atomic E-state index is 0.119. The van der Waals surface area contributed by atoms with Gasteiger partial charge in [-0.1, -0.05) is 73.2 Å². The summed E-state index contributed by atoms with van der Waals surface area (Å²) in [6.07, 6.45) is 1.61. The lowest BCUT2D eigenvalue weighted by Crippen LogP contribution is -2.15. The molecule has 2 aromatic carbocycles. The van der Waals surface area contributed by atoms with E-state index in [1.807, 2.05) is 66.2 Å². The van der Waals surface area contributed by atoms with E-state index in [1.165, 1.54) is 16.9 Å². The monoisotopic (exact) mass is 403 g/mol. The summed E-state index contributed by atoms with van der Waals surface area (Å²) in [5.41, 5.74) is 4.48. The van der Waals surface area contributed by atoms with Crippen molar-refractivity contribution in [3.8, 4) is 16.3 Å². The van der Waals surface area contributed by atoms with Gasteiger partial charge in [0.1, 0.15) is 5.01 Å². The Hall–Kier alpha value is -3.32. The van der Waals surface area contributed by atoms with Crippen molar-refractivity contribution < 1.29 is 4.79 Å². The van der Waals surface area contributed by atoms with E-state index in [4.69, 9.17) is 0 Å². The summed E-state index contributed by atoms with van der Waals surface area (Å²) >= 11 is 1.35. The summed E-state index contributed by atoms with van der Waals surface area (Å²) in [4.78, 5) is 13.0. The van der Waals surface area contributed by atoms with Crippen molar-refractivity contribution in [1.29, 1.82) is 0 Å². The first-order valence-electron chi connectivity index (χ1n) is 9.38. The van der Waals surface area contributed by atoms with Crippen LogP contribution >= 0.6 is 11.3 Å². The van der Waals surface area contributed by atoms with Crippen molar-refractivity contribution in [3.05, 3.63) is 77.6 Å². The summed E-state index contributed by atoms with van der Waals surface area (Å²) < 4.78 is 1.83. The molecule has 0 saturated heterocycles. The molecule has 0 radical (unpaired) electrons. The van der Waals surface area contributed by atoms with E-state index in [1.54, 1.807) is 6.20 Å². The molecule has 2 aromatic heterocycles. The Morgan fingerprint density at radius 1 is 1.03 bits per heavy atom. The molecular formula is C22H21N5OS. The summed E-state index contributed by atoms with van der Waals surface area (Å²) in [5.74, 6) is -0.114. The number of aromatic nitrogens is 4. The van der Waals surface area contributed by atoms with Gasteiger partial charge in [-0.25, -0.2) is 4.68 Å². The predicted molar refractivity (Wildman–Crippen MR) is 116 cm³/mol. The standard InChI is InChI=1S/C22H21N5OS/c1-14(2)19-18(13-23-27(19)17-11-9-15(3)10-12-17)20(28)24-22-26-25-21(29-22)16-7-5-4-6-8-16/h4-14H,1-3H3,(H,24,26,28). The van der Waals surface area contributed by atoms with Crippen molar-refractivity contribution in [2.75, 3.05) is 5.32 Å². The molecule has 1 N–H and O–H groups in total. The first-order valence-corrected chi connectivity index (χ1v) is 10.2. The SMILES string of the molecule is Cc1ccc(-n2ncc(C(=O)Nc3nnc(-c4ccccc4)s3)c2C(C)C)cc1. The molecule has 4 aromatic rings. The highest BCUT2D eigenvalue weighted by molar-refractivity contribution is 7.18. The minimum atomic E-state index is -0.233. The Kier molecular flexibility index (Phi) is 5.22. The molecule has 0 bridgehead atoms. The number of carbonyl (C=O) groups excluding carboxylic acids is 1. The van der Waals surface area contributed by atoms with Gasteiger partial charge in [0.15, 0.2) is 0 Å². The molecule has 29 heavy (non-hydrogen) atoms. The van der Waals surface area contributed by atoms with Crippen molar-refractivity contribution in [2.45, 2.75) is 26.7 Å². The molecule has 0 fully saturated rings. The van der Waals surface area contributed by atoms with Crippen molar-refractivity contribution >= 4 is 22.4 Å². The second-order valence-corrected chi connectivity index (χ2v) is 8.06. The van der Waals surface area contributed by atoms with E-state index in [0.717, 1.165) is 22.0 Å². The highest BCUT2D eigenvalue weighted by Crippen LogP contribution is 2.28. The minimum Gasteiger partial charge on any atom is -0.296 e. The number of nitrogens with zero attached hydrogens (tertiary/aromatic N) is 4. The van der Waals surface area contributed by atoms with Crippen LogP contribution in [0.4, 0.5) is 5.13 Å². The zero-order valence-corrected chi connectivity index (χ0v) is 17.3. The van der Waals surface area contributed by atoms with Crippen LogP contribution in [0.3, 0.4) is 0 Å². The van der Waals surface area contributed by atoms with Gasteiger partial charge in [0.2, 0.25) is 5.13 Å². The van der Waals surface area contributed by atoms with E-state index in [2.05, 4.69) is 34.5 Å². The first kappa shape index (κ1) is 19.0. The van der Waals surface area contributed by atoms with E-state index in [0.29, 0.717) is 10.7 Å². The average Bonchev–Trinajstić information content (AvgIpc) is 3.36. The third-order valence-corrected chi connectivity index (χ3v) is 5.43. The Morgan fingerprint density at radius 2 is 1.76 bits per heavy atom. The molecule has 0 aliphatic heterocycles. The number of carbonyl (C=O) groups is 1. The summed E-state index contributed by atoms with van der Waals surface area (Å²) in [7, 11) is 0. The maximum atomic E-state index is 13.0. The van der Waals surface area contributed by atoms with Gasteiger partial charge in [-0.05, 0) is 25.0 Å². The largest absolute Gasteiger partial charge is 0.296 e. The van der Waals surface area contributed by atoms with Gasteiger partial charge in [0.05, 0.1) is 23.1 Å². The van der Waals surface area contributed by atoms with Gasteiger partial charge in [-0.3, -0.25) is 10.1 Å². The molecule has 6 nitrogen and oxygen atoms in total. The van der Waals surface area contributed by atoms with Crippen LogP contribution in [0.25, 0.3) is 16.3 Å². The van der Waals surface area contributed by atoms with Gasteiger partial charge in [-0.15, -0.1) is 10.2 Å². The molecule has 0 saturated carbocycles. The first-order chi connectivity index (χ1) is 14.0. The Morgan fingerprint density at radius 3 is 2.45 bits per heavy atom. The van der Waals surface area contributed by atoms with Gasteiger partial charge < -0.3 is 0 Å². The van der Waals surface area contributed by atoms with Crippen LogP contribution in [-0.2, 0) is 0 Å². The maximum absolute atomic E-state index is 13.0. The molecule has 4 rings (SSSR count). The molecule has 1 amide bonds. The van der Waals surface area contributed by atoms with Gasteiger partial charge in [0, 0.05) is 5.56 Å². The fourth-order valence-corrected chi connectivity index (χ4v) is 3.86. The lowest BCUT2D eigenvalue weighted by atomic mass is 10.0. The fraction of sp³-hybridized carbons (Fsp3) is 0.182. The Balaban J connectivity index is 1.61. The van der Waals surface area contributed by atoms with Crippen LogP contribution in [-0.4, -0.2) is 25.9 Å². The van der Waals surface area contributed by atoms with Gasteiger partial charge >= 0.3 is 0 Å². The molecule has 0 spiro atoms. The molecule has 7 heteroatoms.